The third-order valence-electron chi connectivity index (χ3n) is 8.78. The molecule has 0 radical (unpaired) electrons. The predicted molar refractivity (Wildman–Crippen MR) is 161 cm³/mol. The van der Waals surface area contributed by atoms with Crippen molar-refractivity contribution in [1.29, 1.82) is 0 Å². The summed E-state index contributed by atoms with van der Waals surface area (Å²) in [5.41, 5.74) is 7.76. The van der Waals surface area contributed by atoms with Crippen LogP contribution in [-0.4, -0.2) is 49.6 Å². The topological polar surface area (TPSA) is 117 Å². The van der Waals surface area contributed by atoms with Crippen molar-refractivity contribution < 1.29 is 19.0 Å². The lowest BCUT2D eigenvalue weighted by atomic mass is 9.87. The molecule has 2 aromatic heterocycles. The number of hydrogen-bond donors (Lipinski definition) is 3. The molecule has 10 heteroatoms. The fraction of sp³-hybridized carbons (Fsp3) is 0.424. The number of imidazole rings is 2. The van der Waals surface area contributed by atoms with E-state index < -0.39 is 5.60 Å². The maximum atomic E-state index is 12.9. The monoisotopic (exact) mass is 580 g/mol. The van der Waals surface area contributed by atoms with Crippen molar-refractivity contribution in [2.45, 2.75) is 77.4 Å². The highest BCUT2D eigenvalue weighted by atomic mass is 16.6. The minimum Gasteiger partial charge on any atom is -0.488 e. The number of aromatic nitrogens is 4. The minimum atomic E-state index is -0.541. The second-order valence-electron chi connectivity index (χ2n) is 12.9. The van der Waals surface area contributed by atoms with Gasteiger partial charge in [0.25, 0.3) is 0 Å². The zero-order valence-corrected chi connectivity index (χ0v) is 24.8. The maximum absolute atomic E-state index is 12.9. The molecule has 3 N–H and O–H groups in total. The van der Waals surface area contributed by atoms with Crippen molar-refractivity contribution in [3.05, 3.63) is 59.4 Å². The third kappa shape index (κ3) is 4.64. The maximum Gasteiger partial charge on any atom is 0.410 e. The van der Waals surface area contributed by atoms with Crippen LogP contribution in [0.4, 0.5) is 4.79 Å². The van der Waals surface area contributed by atoms with Crippen LogP contribution in [0.3, 0.4) is 0 Å². The van der Waals surface area contributed by atoms with E-state index >= 15 is 0 Å². The van der Waals surface area contributed by atoms with Crippen molar-refractivity contribution in [2.24, 2.45) is 0 Å². The van der Waals surface area contributed by atoms with Gasteiger partial charge in [-0.1, -0.05) is 0 Å². The molecule has 43 heavy (non-hydrogen) atoms. The molecule has 6 heterocycles. The lowest BCUT2D eigenvalue weighted by Gasteiger charge is -2.30. The van der Waals surface area contributed by atoms with Gasteiger partial charge in [-0.2, -0.15) is 0 Å². The predicted octanol–water partition coefficient (Wildman–Crippen LogP) is 6.42. The van der Waals surface area contributed by atoms with Crippen LogP contribution in [0, 0.1) is 0 Å². The summed E-state index contributed by atoms with van der Waals surface area (Å²) in [6.45, 7) is 8.27. The number of carbonyl (C=O) groups excluding carboxylic acids is 1. The first kappa shape index (κ1) is 26.3. The molecule has 1 amide bonds. The van der Waals surface area contributed by atoms with Crippen molar-refractivity contribution in [2.75, 3.05) is 13.1 Å². The van der Waals surface area contributed by atoms with E-state index in [-0.39, 0.29) is 12.1 Å². The van der Waals surface area contributed by atoms with Gasteiger partial charge >= 0.3 is 6.09 Å². The summed E-state index contributed by atoms with van der Waals surface area (Å²) in [6.07, 6.45) is 7.49. The number of nitrogens with one attached hydrogen (secondary N) is 3. The molecule has 10 nitrogen and oxygen atoms in total. The molecule has 4 aliphatic heterocycles. The van der Waals surface area contributed by atoms with Gasteiger partial charge in [0.2, 0.25) is 0 Å². The quantitative estimate of drug-likeness (QED) is 0.255. The number of ether oxygens (including phenoxy) is 3. The molecular weight excluding hydrogens is 544 g/mol. The Morgan fingerprint density at radius 3 is 2.12 bits per heavy atom. The van der Waals surface area contributed by atoms with Gasteiger partial charge in [0.05, 0.1) is 35.9 Å². The molecule has 4 aliphatic rings. The van der Waals surface area contributed by atoms with E-state index in [1.165, 1.54) is 6.42 Å². The fourth-order valence-electron chi connectivity index (χ4n) is 6.81. The Morgan fingerprint density at radius 2 is 1.51 bits per heavy atom. The van der Waals surface area contributed by atoms with Crippen molar-refractivity contribution >= 4 is 6.09 Å². The Morgan fingerprint density at radius 1 is 0.884 bits per heavy atom. The highest BCUT2D eigenvalue weighted by molar-refractivity contribution is 5.88. The molecule has 1 unspecified atom stereocenters. The number of hydrogen-bond acceptors (Lipinski definition) is 7. The molecule has 0 saturated carbocycles. The van der Waals surface area contributed by atoms with Crippen LogP contribution in [0.25, 0.3) is 33.6 Å². The average Bonchev–Trinajstić information content (AvgIpc) is 3.80. The van der Waals surface area contributed by atoms with Crippen LogP contribution in [0.15, 0.2) is 36.7 Å². The Kier molecular flexibility index (Phi) is 6.04. The van der Waals surface area contributed by atoms with Gasteiger partial charge in [0.1, 0.15) is 42.0 Å². The van der Waals surface area contributed by atoms with Crippen LogP contribution in [0.2, 0.25) is 0 Å². The molecule has 2 atom stereocenters. The van der Waals surface area contributed by atoms with Gasteiger partial charge in [-0.15, -0.1) is 0 Å². The molecule has 8 rings (SSSR count). The average molecular weight is 581 g/mol. The Balaban J connectivity index is 1.08. The first-order valence-electron chi connectivity index (χ1n) is 15.2. The highest BCUT2D eigenvalue weighted by Crippen LogP contribution is 2.51. The minimum absolute atomic E-state index is 0.136. The molecule has 0 bridgehead atoms. The van der Waals surface area contributed by atoms with Crippen molar-refractivity contribution in [1.82, 2.24) is 30.2 Å². The lowest BCUT2D eigenvalue weighted by molar-refractivity contribution is 0.0218. The highest BCUT2D eigenvalue weighted by Gasteiger charge is 2.35. The van der Waals surface area contributed by atoms with Crippen LogP contribution in [0.1, 0.15) is 81.3 Å². The summed E-state index contributed by atoms with van der Waals surface area (Å²) < 4.78 is 18.4. The summed E-state index contributed by atoms with van der Waals surface area (Å²) >= 11 is 0. The van der Waals surface area contributed by atoms with Crippen LogP contribution in [-0.2, 0) is 18.0 Å². The molecule has 4 aromatic rings. The first-order valence-corrected chi connectivity index (χ1v) is 15.2. The summed E-state index contributed by atoms with van der Waals surface area (Å²) in [5.74, 6) is 3.48. The van der Waals surface area contributed by atoms with Gasteiger partial charge in [-0.05, 0) is 77.3 Å². The smallest absolute Gasteiger partial charge is 0.410 e. The molecule has 0 spiro atoms. The third-order valence-corrected chi connectivity index (χ3v) is 8.78. The van der Waals surface area contributed by atoms with Crippen LogP contribution < -0.4 is 14.8 Å². The molecule has 2 fully saturated rings. The Bertz CT molecular complexity index is 1680. The number of aromatic amines is 2. The standard InChI is InChI=1S/C33H36N6O4/c1-33(2,3)43-32(40)39-9-5-7-25(39)31-36-15-24(38-31)19-11-21-17-41-26-12-18(10-20-16-42-27(13-19)29(21)28(20)26)23-14-35-30(37-23)22-6-4-8-34-22/h10-15,22,25,34H,4-9,16-17H2,1-3H3,(H,35,37)(H,36,38)/t22?,25-/m0/s1. The summed E-state index contributed by atoms with van der Waals surface area (Å²) in [6, 6.07) is 8.69. The van der Waals surface area contributed by atoms with E-state index in [1.807, 2.05) is 33.2 Å². The number of likely N-dealkylation sites (tertiary alicyclic amines) is 1. The van der Waals surface area contributed by atoms with E-state index in [2.05, 4.69) is 44.5 Å². The first-order chi connectivity index (χ1) is 20.8. The van der Waals surface area contributed by atoms with E-state index in [1.54, 1.807) is 4.90 Å². The van der Waals surface area contributed by atoms with Crippen LogP contribution in [0.5, 0.6) is 11.5 Å². The van der Waals surface area contributed by atoms with Gasteiger partial charge < -0.3 is 29.5 Å². The van der Waals surface area contributed by atoms with Crippen molar-refractivity contribution in [3.63, 3.8) is 0 Å². The van der Waals surface area contributed by atoms with Crippen LogP contribution >= 0.6 is 0 Å². The number of H-pyrrole nitrogens is 2. The zero-order valence-electron chi connectivity index (χ0n) is 24.8. The van der Waals surface area contributed by atoms with E-state index in [9.17, 15) is 4.79 Å². The summed E-state index contributed by atoms with van der Waals surface area (Å²) in [5, 5.41) is 3.51. The Hall–Kier alpha value is -4.31. The normalized spacial score (nSPS) is 20.5. The zero-order chi connectivity index (χ0) is 29.3. The van der Waals surface area contributed by atoms with E-state index in [0.717, 1.165) is 93.7 Å². The second-order valence-corrected chi connectivity index (χ2v) is 12.9. The molecule has 2 aromatic carbocycles. The number of rotatable bonds is 4. The summed E-state index contributed by atoms with van der Waals surface area (Å²) in [7, 11) is 0. The number of carbonyl (C=O) groups is 1. The number of benzene rings is 2. The van der Waals surface area contributed by atoms with E-state index in [4.69, 9.17) is 19.2 Å². The SMILES string of the molecule is CC(C)(C)OC(=O)N1CCC[C@H]1c1ncc(-c2cc3c4c(c2)OCc2cc(-c5cnc(C6CCCN6)[nH]5)cc(c2-4)OC3)[nH]1. The molecule has 0 aliphatic carbocycles. The molecular formula is C33H36N6O4. The largest absolute Gasteiger partial charge is 0.488 e. The van der Waals surface area contributed by atoms with Gasteiger partial charge in [0, 0.05) is 39.9 Å². The van der Waals surface area contributed by atoms with Gasteiger partial charge in [0.15, 0.2) is 0 Å². The number of nitrogens with zero attached hydrogens (tertiary/aromatic N) is 3. The summed E-state index contributed by atoms with van der Waals surface area (Å²) in [4.78, 5) is 31.0. The van der Waals surface area contributed by atoms with E-state index in [0.29, 0.717) is 25.8 Å². The molecule has 2 saturated heterocycles. The Labute approximate surface area is 250 Å². The molecule has 222 valence electrons. The second kappa shape index (κ2) is 9.87. The fourth-order valence-corrected chi connectivity index (χ4v) is 6.81. The number of amides is 1. The lowest BCUT2D eigenvalue weighted by Crippen LogP contribution is -2.36. The van der Waals surface area contributed by atoms with Gasteiger partial charge in [-0.3, -0.25) is 4.90 Å². The van der Waals surface area contributed by atoms with Crippen molar-refractivity contribution in [3.8, 4) is 45.1 Å². The van der Waals surface area contributed by atoms with Gasteiger partial charge in [-0.25, -0.2) is 14.8 Å².